The number of nitrogens with zero attached hydrogens (tertiary/aromatic N) is 1. The highest BCUT2D eigenvalue weighted by Gasteiger charge is 2.24. The third kappa shape index (κ3) is 3.99. The van der Waals surface area contributed by atoms with Gasteiger partial charge >= 0.3 is 6.09 Å². The first-order valence-corrected chi connectivity index (χ1v) is 9.91. The van der Waals surface area contributed by atoms with Gasteiger partial charge in [-0.2, -0.15) is 0 Å². The van der Waals surface area contributed by atoms with Gasteiger partial charge in [0, 0.05) is 16.9 Å². The van der Waals surface area contributed by atoms with E-state index in [2.05, 4.69) is 35.6 Å². The molecule has 1 aromatic rings. The van der Waals surface area contributed by atoms with E-state index in [1.165, 1.54) is 9.75 Å². The maximum absolute atomic E-state index is 11.9. The molecule has 5 heteroatoms. The summed E-state index contributed by atoms with van der Waals surface area (Å²) in [6.07, 6.45) is 3.33. The smallest absolute Gasteiger partial charge is 0.418 e. The van der Waals surface area contributed by atoms with Crippen LogP contribution in [0.5, 0.6) is 0 Å². The molecule has 0 bridgehead atoms. The molecule has 0 aliphatic heterocycles. The van der Waals surface area contributed by atoms with Crippen molar-refractivity contribution in [2.24, 2.45) is 0 Å². The standard InChI is InChI=1S/C12H20BrNO2Si/c1-12(2,3)16-11(15)14-7-9(13)10(8-14)17(4,5)6/h7-8H,1-6H3. The minimum atomic E-state index is -1.44. The van der Waals surface area contributed by atoms with Crippen molar-refractivity contribution in [2.75, 3.05) is 0 Å². The Balaban J connectivity index is 2.99. The van der Waals surface area contributed by atoms with Crippen molar-refractivity contribution in [3.05, 3.63) is 16.9 Å². The third-order valence-corrected chi connectivity index (χ3v) is 5.20. The molecule has 0 unspecified atom stereocenters. The molecule has 0 saturated carbocycles. The summed E-state index contributed by atoms with van der Waals surface area (Å²) in [4.78, 5) is 11.9. The van der Waals surface area contributed by atoms with Crippen LogP contribution in [0.15, 0.2) is 16.9 Å². The molecule has 1 rings (SSSR count). The van der Waals surface area contributed by atoms with E-state index >= 15 is 0 Å². The van der Waals surface area contributed by atoms with Crippen molar-refractivity contribution < 1.29 is 9.53 Å². The highest BCUT2D eigenvalue weighted by molar-refractivity contribution is 9.10. The molecule has 0 radical (unpaired) electrons. The Labute approximate surface area is 112 Å². The summed E-state index contributed by atoms with van der Waals surface area (Å²) in [5.74, 6) is 0. The maximum Gasteiger partial charge on any atom is 0.418 e. The highest BCUT2D eigenvalue weighted by Crippen LogP contribution is 2.16. The summed E-state index contributed by atoms with van der Waals surface area (Å²) in [5, 5.41) is 1.23. The van der Waals surface area contributed by atoms with Gasteiger partial charge in [0.15, 0.2) is 0 Å². The van der Waals surface area contributed by atoms with Crippen LogP contribution in [0.1, 0.15) is 20.8 Å². The average Bonchev–Trinajstić information content (AvgIpc) is 2.42. The molecular weight excluding hydrogens is 298 g/mol. The molecule has 0 spiro atoms. The second-order valence-corrected chi connectivity index (χ2v) is 12.1. The van der Waals surface area contributed by atoms with Crippen LogP contribution in [0.4, 0.5) is 4.79 Å². The molecule has 0 aliphatic carbocycles. The van der Waals surface area contributed by atoms with Crippen molar-refractivity contribution in [1.29, 1.82) is 0 Å². The van der Waals surface area contributed by atoms with Gasteiger partial charge in [0.25, 0.3) is 0 Å². The zero-order valence-electron chi connectivity index (χ0n) is 11.3. The van der Waals surface area contributed by atoms with Crippen LogP contribution in [0.25, 0.3) is 0 Å². The van der Waals surface area contributed by atoms with Gasteiger partial charge in [-0.25, -0.2) is 4.79 Å². The van der Waals surface area contributed by atoms with Gasteiger partial charge in [-0.1, -0.05) is 19.6 Å². The summed E-state index contributed by atoms with van der Waals surface area (Å²) in [6.45, 7) is 12.3. The van der Waals surface area contributed by atoms with E-state index in [9.17, 15) is 4.79 Å². The normalized spacial score (nSPS) is 12.6. The fourth-order valence-electron chi connectivity index (χ4n) is 1.40. The van der Waals surface area contributed by atoms with E-state index in [1.54, 1.807) is 6.20 Å². The Morgan fingerprint density at radius 2 is 1.82 bits per heavy atom. The largest absolute Gasteiger partial charge is 0.443 e. The number of hydrogen-bond acceptors (Lipinski definition) is 2. The van der Waals surface area contributed by atoms with Gasteiger partial charge < -0.3 is 4.74 Å². The first kappa shape index (κ1) is 14.5. The summed E-state index contributed by atoms with van der Waals surface area (Å²) in [6, 6.07) is 0. The van der Waals surface area contributed by atoms with Crippen molar-refractivity contribution in [1.82, 2.24) is 4.57 Å². The molecule has 0 aromatic carbocycles. The minimum absolute atomic E-state index is 0.331. The van der Waals surface area contributed by atoms with E-state index in [4.69, 9.17) is 4.74 Å². The fraction of sp³-hybridized carbons (Fsp3) is 0.583. The van der Waals surface area contributed by atoms with E-state index in [-0.39, 0.29) is 6.09 Å². The summed E-state index contributed by atoms with van der Waals surface area (Å²) in [5.41, 5.74) is -0.465. The molecule has 17 heavy (non-hydrogen) atoms. The number of hydrogen-bond donors (Lipinski definition) is 0. The lowest BCUT2D eigenvalue weighted by Crippen LogP contribution is -2.37. The average molecular weight is 318 g/mol. The van der Waals surface area contributed by atoms with Gasteiger partial charge in [-0.3, -0.25) is 4.57 Å². The van der Waals surface area contributed by atoms with E-state index in [1.807, 2.05) is 27.0 Å². The molecule has 0 saturated heterocycles. The molecular formula is C12H20BrNO2Si. The van der Waals surface area contributed by atoms with Crippen LogP contribution in [0, 0.1) is 0 Å². The van der Waals surface area contributed by atoms with Crippen LogP contribution in [0.2, 0.25) is 19.6 Å². The lowest BCUT2D eigenvalue weighted by Gasteiger charge is -2.19. The Kier molecular flexibility index (Phi) is 3.93. The van der Waals surface area contributed by atoms with E-state index in [0.717, 1.165) is 4.47 Å². The number of carbonyl (C=O) groups excluding carboxylic acids is 1. The summed E-state index contributed by atoms with van der Waals surface area (Å²) in [7, 11) is -1.44. The van der Waals surface area contributed by atoms with Crippen LogP contribution in [0.3, 0.4) is 0 Å². The Morgan fingerprint density at radius 1 is 1.29 bits per heavy atom. The van der Waals surface area contributed by atoms with Crippen molar-refractivity contribution in [3.8, 4) is 0 Å². The summed E-state index contributed by atoms with van der Waals surface area (Å²) < 4.78 is 7.83. The number of rotatable bonds is 1. The SMILES string of the molecule is CC(C)(C)OC(=O)n1cc(Br)c([Si](C)(C)C)c1. The van der Waals surface area contributed by atoms with E-state index < -0.39 is 13.7 Å². The van der Waals surface area contributed by atoms with Gasteiger partial charge in [0.2, 0.25) is 0 Å². The molecule has 0 N–H and O–H groups in total. The van der Waals surface area contributed by atoms with Crippen molar-refractivity contribution in [3.63, 3.8) is 0 Å². The predicted molar refractivity (Wildman–Crippen MR) is 76.7 cm³/mol. The zero-order valence-corrected chi connectivity index (χ0v) is 13.9. The zero-order chi connectivity index (χ0) is 13.4. The second kappa shape index (κ2) is 4.61. The van der Waals surface area contributed by atoms with E-state index in [0.29, 0.717) is 0 Å². The monoisotopic (exact) mass is 317 g/mol. The number of carbonyl (C=O) groups is 1. The lowest BCUT2D eigenvalue weighted by molar-refractivity contribution is 0.0537. The lowest BCUT2D eigenvalue weighted by atomic mass is 10.2. The van der Waals surface area contributed by atoms with Crippen LogP contribution >= 0.6 is 15.9 Å². The first-order valence-electron chi connectivity index (χ1n) is 5.62. The Morgan fingerprint density at radius 3 is 2.18 bits per heavy atom. The second-order valence-electron chi connectivity index (χ2n) is 6.16. The topological polar surface area (TPSA) is 31.2 Å². The number of aromatic nitrogens is 1. The number of halogens is 1. The quantitative estimate of drug-likeness (QED) is 0.741. The van der Waals surface area contributed by atoms with Crippen LogP contribution in [-0.4, -0.2) is 24.3 Å². The predicted octanol–water partition coefficient (Wildman–Crippen LogP) is 3.58. The molecule has 0 aliphatic rings. The maximum atomic E-state index is 11.9. The van der Waals surface area contributed by atoms with Crippen LogP contribution < -0.4 is 5.19 Å². The number of ether oxygens (including phenoxy) is 1. The molecule has 0 atom stereocenters. The molecule has 0 fully saturated rings. The minimum Gasteiger partial charge on any atom is -0.443 e. The molecule has 1 aromatic heterocycles. The van der Waals surface area contributed by atoms with Crippen molar-refractivity contribution >= 4 is 35.3 Å². The molecule has 96 valence electrons. The molecule has 1 heterocycles. The van der Waals surface area contributed by atoms with Gasteiger partial charge in [-0.05, 0) is 41.9 Å². The Bertz CT molecular complexity index is 427. The molecule has 0 amide bonds. The third-order valence-electron chi connectivity index (χ3n) is 2.19. The first-order chi connectivity index (χ1) is 7.50. The fourth-order valence-corrected chi connectivity index (χ4v) is 4.82. The Hall–Kier alpha value is -0.553. The van der Waals surface area contributed by atoms with Gasteiger partial charge in [-0.15, -0.1) is 0 Å². The van der Waals surface area contributed by atoms with Crippen molar-refractivity contribution in [2.45, 2.75) is 46.0 Å². The van der Waals surface area contributed by atoms with Gasteiger partial charge in [0.05, 0.1) is 8.07 Å². The summed E-state index contributed by atoms with van der Waals surface area (Å²) >= 11 is 3.51. The van der Waals surface area contributed by atoms with Gasteiger partial charge in [0.1, 0.15) is 5.60 Å². The van der Waals surface area contributed by atoms with Crippen LogP contribution in [-0.2, 0) is 4.74 Å². The highest BCUT2D eigenvalue weighted by atomic mass is 79.9. The molecule has 3 nitrogen and oxygen atoms in total.